The zero-order valence-electron chi connectivity index (χ0n) is 13.5. The summed E-state index contributed by atoms with van der Waals surface area (Å²) in [5.41, 5.74) is 8.67. The number of nitrogens with two attached hydrogens (primary N) is 1. The van der Waals surface area contributed by atoms with Gasteiger partial charge in [-0.2, -0.15) is 0 Å². The van der Waals surface area contributed by atoms with Crippen molar-refractivity contribution in [3.63, 3.8) is 0 Å². The maximum Gasteiger partial charge on any atom is 0.335 e. The van der Waals surface area contributed by atoms with Gasteiger partial charge in [-0.3, -0.25) is 0 Å². The van der Waals surface area contributed by atoms with Gasteiger partial charge in [0.1, 0.15) is 5.82 Å². The van der Waals surface area contributed by atoms with E-state index in [1.165, 1.54) is 0 Å². The molecule has 2 bridgehead atoms. The van der Waals surface area contributed by atoms with Crippen molar-refractivity contribution < 1.29 is 14.6 Å². The molecular weight excluding hydrogens is 306 g/mol. The van der Waals surface area contributed by atoms with Gasteiger partial charge in [0.25, 0.3) is 0 Å². The summed E-state index contributed by atoms with van der Waals surface area (Å²) in [6, 6.07) is 5.17. The summed E-state index contributed by atoms with van der Waals surface area (Å²) in [5, 5.41) is 9.28. The van der Waals surface area contributed by atoms with Gasteiger partial charge in [0, 0.05) is 18.6 Å². The third kappa shape index (κ3) is 2.03. The first kappa shape index (κ1) is 14.4. The first-order chi connectivity index (χ1) is 11.5. The average Bonchev–Trinajstić information content (AvgIpc) is 2.76. The number of hydrogen-bond donors (Lipinski definition) is 2. The lowest BCUT2D eigenvalue weighted by Crippen LogP contribution is -2.72. The molecule has 3 saturated carbocycles. The molecule has 6 rings (SSSR count). The number of fused-ring (bicyclic) bond motifs is 1. The number of ether oxygens (including phenoxy) is 1. The smallest absolute Gasteiger partial charge is 0.335 e. The largest absolute Gasteiger partial charge is 0.478 e. The van der Waals surface area contributed by atoms with Gasteiger partial charge in [0.2, 0.25) is 0 Å². The molecule has 1 aliphatic heterocycles. The number of imidazole rings is 1. The topological polar surface area (TPSA) is 90.4 Å². The third-order valence-corrected chi connectivity index (χ3v) is 5.97. The molecule has 0 radical (unpaired) electrons. The highest BCUT2D eigenvalue weighted by Gasteiger charge is 2.65. The highest BCUT2D eigenvalue weighted by molar-refractivity contribution is 5.92. The van der Waals surface area contributed by atoms with Crippen LogP contribution in [0.25, 0.3) is 11.0 Å². The van der Waals surface area contributed by atoms with Crippen molar-refractivity contribution in [1.29, 1.82) is 0 Å². The number of carboxylic acids is 1. The van der Waals surface area contributed by atoms with Crippen LogP contribution in [0.4, 0.5) is 0 Å². The van der Waals surface area contributed by atoms with E-state index in [-0.39, 0.29) is 11.6 Å². The van der Waals surface area contributed by atoms with Gasteiger partial charge in [-0.1, -0.05) is 0 Å². The standard InChI is InChI=1S/C18H21N3O3/c19-18-8-17(9-18,10-18)6-15-20-13-2-1-11(16(22)23)5-14(13)21(15)7-12-3-4-24-12/h1-2,5,12H,3-4,6-10,19H2,(H,22,23)/t12-,17?,18?/m0/s1. The maximum atomic E-state index is 11.3. The van der Waals surface area contributed by atoms with E-state index in [1.54, 1.807) is 12.1 Å². The van der Waals surface area contributed by atoms with Crippen molar-refractivity contribution in [1.82, 2.24) is 9.55 Å². The van der Waals surface area contributed by atoms with Crippen molar-refractivity contribution in [2.75, 3.05) is 6.61 Å². The van der Waals surface area contributed by atoms with Gasteiger partial charge in [0.05, 0.1) is 29.2 Å². The van der Waals surface area contributed by atoms with Crippen molar-refractivity contribution >= 4 is 17.0 Å². The van der Waals surface area contributed by atoms with Crippen molar-refractivity contribution in [2.24, 2.45) is 11.1 Å². The monoisotopic (exact) mass is 327 g/mol. The molecule has 1 atom stereocenters. The summed E-state index contributed by atoms with van der Waals surface area (Å²) in [6.07, 6.45) is 5.45. The fourth-order valence-corrected chi connectivity index (χ4v) is 4.88. The van der Waals surface area contributed by atoms with Crippen LogP contribution in [0.15, 0.2) is 18.2 Å². The molecule has 3 N–H and O–H groups in total. The Kier molecular flexibility index (Phi) is 2.75. The summed E-state index contributed by atoms with van der Waals surface area (Å²) >= 11 is 0. The quantitative estimate of drug-likeness (QED) is 0.876. The van der Waals surface area contributed by atoms with Gasteiger partial charge >= 0.3 is 5.97 Å². The number of carboxylic acid groups (broad SMARTS) is 1. The number of benzene rings is 1. The Bertz CT molecular complexity index is 833. The first-order valence-corrected chi connectivity index (χ1v) is 8.58. The predicted molar refractivity (Wildman–Crippen MR) is 88.0 cm³/mol. The number of aromatic carboxylic acids is 1. The van der Waals surface area contributed by atoms with E-state index in [2.05, 4.69) is 4.57 Å². The van der Waals surface area contributed by atoms with E-state index in [4.69, 9.17) is 15.5 Å². The van der Waals surface area contributed by atoms with E-state index < -0.39 is 5.97 Å². The second-order valence-corrected chi connectivity index (χ2v) is 8.00. The third-order valence-electron chi connectivity index (χ3n) is 5.97. The number of rotatable bonds is 5. The molecule has 2 heterocycles. The van der Waals surface area contributed by atoms with Crippen LogP contribution < -0.4 is 5.73 Å². The molecule has 2 aromatic rings. The SMILES string of the molecule is NC12CC(Cc3nc4ccc(C(=O)O)cc4n3C[C@@H]3CCO3)(C1)C2. The van der Waals surface area contributed by atoms with E-state index >= 15 is 0 Å². The lowest BCUT2D eigenvalue weighted by Gasteiger charge is -2.69. The molecule has 4 fully saturated rings. The summed E-state index contributed by atoms with van der Waals surface area (Å²) in [7, 11) is 0. The molecule has 1 aromatic heterocycles. The minimum atomic E-state index is -0.907. The zero-order chi connectivity index (χ0) is 16.5. The Morgan fingerprint density at radius 2 is 2.17 bits per heavy atom. The van der Waals surface area contributed by atoms with Crippen LogP contribution in [0, 0.1) is 5.41 Å². The summed E-state index contributed by atoms with van der Waals surface area (Å²) in [5.74, 6) is 0.139. The van der Waals surface area contributed by atoms with E-state index in [0.717, 1.165) is 62.1 Å². The fraction of sp³-hybridized carbons (Fsp3) is 0.556. The normalized spacial score (nSPS) is 33.6. The van der Waals surface area contributed by atoms with E-state index in [0.29, 0.717) is 11.0 Å². The van der Waals surface area contributed by atoms with Gasteiger partial charge in [-0.25, -0.2) is 9.78 Å². The van der Waals surface area contributed by atoms with Gasteiger partial charge in [-0.15, -0.1) is 0 Å². The average molecular weight is 327 g/mol. The van der Waals surface area contributed by atoms with Crippen molar-refractivity contribution in [2.45, 2.75) is 50.3 Å². The molecule has 0 unspecified atom stereocenters. The van der Waals surface area contributed by atoms with Crippen LogP contribution in [0.5, 0.6) is 0 Å². The molecule has 6 heteroatoms. The number of nitrogens with zero attached hydrogens (tertiary/aromatic N) is 2. The lowest BCUT2D eigenvalue weighted by molar-refractivity contribution is -0.132. The molecule has 0 amide bonds. The summed E-state index contributed by atoms with van der Waals surface area (Å²) in [6.45, 7) is 1.56. The Balaban J connectivity index is 1.54. The predicted octanol–water partition coefficient (Wildman–Crippen LogP) is 1.95. The molecule has 24 heavy (non-hydrogen) atoms. The number of carbonyl (C=O) groups is 1. The summed E-state index contributed by atoms with van der Waals surface area (Å²) < 4.78 is 7.77. The molecule has 6 nitrogen and oxygen atoms in total. The molecular formula is C18H21N3O3. The highest BCUT2D eigenvalue weighted by Crippen LogP contribution is 2.67. The van der Waals surface area contributed by atoms with Crippen LogP contribution in [-0.2, 0) is 17.7 Å². The van der Waals surface area contributed by atoms with E-state index in [1.807, 2.05) is 6.07 Å². The number of aromatic nitrogens is 2. The molecule has 1 aromatic carbocycles. The molecule has 126 valence electrons. The van der Waals surface area contributed by atoms with Gasteiger partial charge in [0.15, 0.2) is 0 Å². The van der Waals surface area contributed by atoms with Crippen molar-refractivity contribution in [3.05, 3.63) is 29.6 Å². The minimum Gasteiger partial charge on any atom is -0.478 e. The Morgan fingerprint density at radius 1 is 1.42 bits per heavy atom. The summed E-state index contributed by atoms with van der Waals surface area (Å²) in [4.78, 5) is 16.1. The molecule has 1 saturated heterocycles. The molecule has 3 aliphatic carbocycles. The fourth-order valence-electron chi connectivity index (χ4n) is 4.88. The van der Waals surface area contributed by atoms with Crippen LogP contribution in [0.3, 0.4) is 0 Å². The lowest BCUT2D eigenvalue weighted by atomic mass is 9.39. The molecule has 0 spiro atoms. The van der Waals surface area contributed by atoms with Crippen LogP contribution in [0.1, 0.15) is 41.9 Å². The Morgan fingerprint density at radius 3 is 2.75 bits per heavy atom. The van der Waals surface area contributed by atoms with Crippen molar-refractivity contribution in [3.8, 4) is 0 Å². The minimum absolute atomic E-state index is 0.0877. The van der Waals surface area contributed by atoms with Crippen LogP contribution in [0.2, 0.25) is 0 Å². The van der Waals surface area contributed by atoms with E-state index in [9.17, 15) is 9.90 Å². The Hall–Kier alpha value is -1.92. The highest BCUT2D eigenvalue weighted by atomic mass is 16.5. The Labute approximate surface area is 139 Å². The maximum absolute atomic E-state index is 11.3. The van der Waals surface area contributed by atoms with Gasteiger partial charge in [-0.05, 0) is 49.3 Å². The second-order valence-electron chi connectivity index (χ2n) is 8.00. The van der Waals surface area contributed by atoms with Crippen LogP contribution >= 0.6 is 0 Å². The zero-order valence-corrected chi connectivity index (χ0v) is 13.5. The number of hydrogen-bond acceptors (Lipinski definition) is 4. The first-order valence-electron chi connectivity index (χ1n) is 8.58. The van der Waals surface area contributed by atoms with Gasteiger partial charge < -0.3 is 20.1 Å². The molecule has 4 aliphatic rings. The second kappa shape index (κ2) is 4.58. The van der Waals surface area contributed by atoms with Crippen LogP contribution in [-0.4, -0.2) is 38.9 Å².